The van der Waals surface area contributed by atoms with Gasteiger partial charge >= 0.3 is 5.97 Å². The summed E-state index contributed by atoms with van der Waals surface area (Å²) in [7, 11) is 1.64. The Labute approximate surface area is 119 Å². The Morgan fingerprint density at radius 2 is 1.65 bits per heavy atom. The summed E-state index contributed by atoms with van der Waals surface area (Å²) in [6.45, 7) is 2.69. The summed E-state index contributed by atoms with van der Waals surface area (Å²) in [5.41, 5.74) is 0. The molecule has 0 rings (SSSR count). The molecule has 0 radical (unpaired) electrons. The van der Waals surface area contributed by atoms with E-state index in [1.165, 1.54) is 4.90 Å². The van der Waals surface area contributed by atoms with Crippen molar-refractivity contribution in [1.29, 1.82) is 10.5 Å². The van der Waals surface area contributed by atoms with Gasteiger partial charge in [0.05, 0.1) is 44.7 Å². The van der Waals surface area contributed by atoms with E-state index in [0.29, 0.717) is 19.7 Å². The molecule has 0 atom stereocenters. The Kier molecular flexibility index (Phi) is 9.63. The molecule has 0 aromatic heterocycles. The van der Waals surface area contributed by atoms with Gasteiger partial charge in [-0.25, -0.2) is 0 Å². The van der Waals surface area contributed by atoms with Gasteiger partial charge in [-0.3, -0.25) is 14.5 Å². The first-order valence-electron chi connectivity index (χ1n) is 6.41. The average Bonchev–Trinajstić information content (AvgIpc) is 2.38. The summed E-state index contributed by atoms with van der Waals surface area (Å²) >= 11 is 0. The SMILES string of the molecule is CCOC(=O)CN(C)CC(=O)N(CCC#N)CCC#N. The lowest BCUT2D eigenvalue weighted by molar-refractivity contribution is -0.144. The zero-order chi connectivity index (χ0) is 15.4. The highest BCUT2D eigenvalue weighted by atomic mass is 16.5. The van der Waals surface area contributed by atoms with E-state index in [9.17, 15) is 9.59 Å². The van der Waals surface area contributed by atoms with Crippen molar-refractivity contribution < 1.29 is 14.3 Å². The van der Waals surface area contributed by atoms with E-state index in [1.807, 2.05) is 12.1 Å². The van der Waals surface area contributed by atoms with Crippen molar-refractivity contribution in [3.8, 4) is 12.1 Å². The molecule has 1 amide bonds. The van der Waals surface area contributed by atoms with Crippen LogP contribution >= 0.6 is 0 Å². The van der Waals surface area contributed by atoms with E-state index in [4.69, 9.17) is 15.3 Å². The molecular formula is C13H20N4O3. The molecular weight excluding hydrogens is 260 g/mol. The predicted octanol–water partition coefficient (Wildman–Crippen LogP) is 0.137. The predicted molar refractivity (Wildman–Crippen MR) is 71.2 cm³/mol. The van der Waals surface area contributed by atoms with Crippen LogP contribution < -0.4 is 0 Å². The van der Waals surface area contributed by atoms with Gasteiger partial charge in [0.1, 0.15) is 0 Å². The second kappa shape index (κ2) is 10.8. The third kappa shape index (κ3) is 8.06. The van der Waals surface area contributed by atoms with Crippen LogP contribution in [-0.4, -0.2) is 61.5 Å². The molecule has 0 aliphatic carbocycles. The molecule has 0 spiro atoms. The number of carbonyl (C=O) groups is 2. The molecule has 0 heterocycles. The van der Waals surface area contributed by atoms with Gasteiger partial charge in [-0.15, -0.1) is 0 Å². The molecule has 110 valence electrons. The molecule has 7 nitrogen and oxygen atoms in total. The smallest absolute Gasteiger partial charge is 0.320 e. The van der Waals surface area contributed by atoms with Crippen molar-refractivity contribution in [3.63, 3.8) is 0 Å². The summed E-state index contributed by atoms with van der Waals surface area (Å²) < 4.78 is 4.79. The van der Waals surface area contributed by atoms with Gasteiger partial charge < -0.3 is 9.64 Å². The quantitative estimate of drug-likeness (QED) is 0.557. The van der Waals surface area contributed by atoms with Crippen LogP contribution in [0.2, 0.25) is 0 Å². The Hall–Kier alpha value is -2.12. The van der Waals surface area contributed by atoms with Crippen molar-refractivity contribution >= 4 is 11.9 Å². The van der Waals surface area contributed by atoms with E-state index in [1.54, 1.807) is 18.9 Å². The molecule has 20 heavy (non-hydrogen) atoms. The molecule has 0 saturated carbocycles. The van der Waals surface area contributed by atoms with Crippen LogP contribution in [0.5, 0.6) is 0 Å². The fourth-order valence-electron chi connectivity index (χ4n) is 1.54. The lowest BCUT2D eigenvalue weighted by atomic mass is 10.3. The maximum Gasteiger partial charge on any atom is 0.320 e. The minimum absolute atomic E-state index is 0.0317. The van der Waals surface area contributed by atoms with Crippen LogP contribution in [0.3, 0.4) is 0 Å². The number of likely N-dealkylation sites (N-methyl/N-ethyl adjacent to an activating group) is 1. The van der Waals surface area contributed by atoms with E-state index >= 15 is 0 Å². The largest absolute Gasteiger partial charge is 0.465 e. The Morgan fingerprint density at radius 1 is 1.10 bits per heavy atom. The number of amides is 1. The van der Waals surface area contributed by atoms with Crippen molar-refractivity contribution in [1.82, 2.24) is 9.80 Å². The fraction of sp³-hybridized carbons (Fsp3) is 0.692. The van der Waals surface area contributed by atoms with Crippen LogP contribution in [-0.2, 0) is 14.3 Å². The van der Waals surface area contributed by atoms with Crippen LogP contribution in [0.1, 0.15) is 19.8 Å². The number of nitrogens with zero attached hydrogens (tertiary/aromatic N) is 4. The highest BCUT2D eigenvalue weighted by molar-refractivity contribution is 5.79. The summed E-state index contributed by atoms with van der Waals surface area (Å²) in [6, 6.07) is 3.93. The number of rotatable bonds is 9. The molecule has 0 fully saturated rings. The summed E-state index contributed by atoms with van der Waals surface area (Å²) in [4.78, 5) is 26.3. The van der Waals surface area contributed by atoms with E-state index in [-0.39, 0.29) is 37.8 Å². The lowest BCUT2D eigenvalue weighted by Crippen LogP contribution is -2.41. The Bertz CT molecular complexity index is 379. The molecule has 0 aliphatic heterocycles. The van der Waals surface area contributed by atoms with Gasteiger partial charge in [0.15, 0.2) is 0 Å². The van der Waals surface area contributed by atoms with Gasteiger partial charge in [0.2, 0.25) is 5.91 Å². The average molecular weight is 280 g/mol. The lowest BCUT2D eigenvalue weighted by Gasteiger charge is -2.23. The maximum absolute atomic E-state index is 12.0. The molecule has 0 unspecified atom stereocenters. The number of nitriles is 2. The molecule has 0 N–H and O–H groups in total. The minimum atomic E-state index is -0.386. The highest BCUT2D eigenvalue weighted by Crippen LogP contribution is 1.97. The van der Waals surface area contributed by atoms with Gasteiger partial charge in [-0.1, -0.05) is 0 Å². The van der Waals surface area contributed by atoms with E-state index in [2.05, 4.69) is 0 Å². The second-order valence-corrected chi connectivity index (χ2v) is 4.17. The zero-order valence-electron chi connectivity index (χ0n) is 12.0. The van der Waals surface area contributed by atoms with Crippen molar-refractivity contribution in [2.45, 2.75) is 19.8 Å². The fourth-order valence-corrected chi connectivity index (χ4v) is 1.54. The first kappa shape index (κ1) is 17.9. The summed E-state index contributed by atoms with van der Waals surface area (Å²) in [6.07, 6.45) is 0.442. The van der Waals surface area contributed by atoms with Crippen LogP contribution in [0, 0.1) is 22.7 Å². The number of ether oxygens (including phenoxy) is 1. The molecule has 0 aromatic carbocycles. The normalized spacial score (nSPS) is 9.65. The van der Waals surface area contributed by atoms with E-state index in [0.717, 1.165) is 0 Å². The molecule has 7 heteroatoms. The van der Waals surface area contributed by atoms with Crippen molar-refractivity contribution in [2.75, 3.05) is 39.8 Å². The van der Waals surface area contributed by atoms with Gasteiger partial charge in [0, 0.05) is 13.1 Å². The van der Waals surface area contributed by atoms with Crippen molar-refractivity contribution in [3.05, 3.63) is 0 Å². The number of esters is 1. The van der Waals surface area contributed by atoms with Crippen LogP contribution in [0.25, 0.3) is 0 Å². The van der Waals surface area contributed by atoms with Gasteiger partial charge in [0.25, 0.3) is 0 Å². The second-order valence-electron chi connectivity index (χ2n) is 4.17. The number of carbonyl (C=O) groups excluding carboxylic acids is 2. The topological polar surface area (TPSA) is 97.4 Å². The number of hydrogen-bond acceptors (Lipinski definition) is 6. The van der Waals surface area contributed by atoms with Gasteiger partial charge in [-0.2, -0.15) is 10.5 Å². The minimum Gasteiger partial charge on any atom is -0.465 e. The summed E-state index contributed by atoms with van der Waals surface area (Å²) in [5.74, 6) is -0.592. The first-order valence-corrected chi connectivity index (χ1v) is 6.41. The Morgan fingerprint density at radius 3 is 2.10 bits per heavy atom. The number of hydrogen-bond donors (Lipinski definition) is 0. The molecule has 0 bridgehead atoms. The van der Waals surface area contributed by atoms with Crippen molar-refractivity contribution in [2.24, 2.45) is 0 Å². The third-order valence-electron chi connectivity index (χ3n) is 2.45. The zero-order valence-corrected chi connectivity index (χ0v) is 12.0. The van der Waals surface area contributed by atoms with Crippen LogP contribution in [0.15, 0.2) is 0 Å². The molecule has 0 aromatic rings. The molecule has 0 saturated heterocycles. The van der Waals surface area contributed by atoms with E-state index < -0.39 is 0 Å². The third-order valence-corrected chi connectivity index (χ3v) is 2.45. The Balaban J connectivity index is 4.32. The standard InChI is InChI=1S/C13H20N4O3/c1-3-20-13(19)11-16(2)10-12(18)17(8-4-6-14)9-5-7-15/h3-5,8-11H2,1-2H3. The summed E-state index contributed by atoms with van der Waals surface area (Å²) in [5, 5.41) is 17.1. The monoisotopic (exact) mass is 280 g/mol. The first-order chi connectivity index (χ1) is 9.54. The van der Waals surface area contributed by atoms with Gasteiger partial charge in [-0.05, 0) is 14.0 Å². The maximum atomic E-state index is 12.0. The highest BCUT2D eigenvalue weighted by Gasteiger charge is 2.16. The molecule has 0 aliphatic rings. The van der Waals surface area contributed by atoms with Crippen LogP contribution in [0.4, 0.5) is 0 Å².